The number of nitrogens with one attached hydrogen (secondary N) is 1. The summed E-state index contributed by atoms with van der Waals surface area (Å²) in [4.78, 5) is 15.9. The first kappa shape index (κ1) is 21.3. The van der Waals surface area contributed by atoms with Gasteiger partial charge in [-0.2, -0.15) is 13.2 Å². The zero-order valence-corrected chi connectivity index (χ0v) is 17.8. The number of thiazole rings is 1. The molecule has 0 saturated heterocycles. The highest BCUT2D eigenvalue weighted by Gasteiger charge is 2.40. The summed E-state index contributed by atoms with van der Waals surface area (Å²) in [5.41, 5.74) is -0.0531. The van der Waals surface area contributed by atoms with Gasteiger partial charge >= 0.3 is 6.18 Å². The van der Waals surface area contributed by atoms with Crippen LogP contribution in [0, 0.1) is 0 Å². The molecule has 29 heavy (non-hydrogen) atoms. The number of carbonyl (C=O) groups excluding carboxylic acids is 1. The Kier molecular flexibility index (Phi) is 6.28. The summed E-state index contributed by atoms with van der Waals surface area (Å²) < 4.78 is 46.7. The number of hydrogen-bond acceptors (Lipinski definition) is 4. The van der Waals surface area contributed by atoms with Crippen LogP contribution in [0.15, 0.2) is 53.0 Å². The number of rotatable bonds is 5. The van der Waals surface area contributed by atoms with Gasteiger partial charge < -0.3 is 10.1 Å². The summed E-state index contributed by atoms with van der Waals surface area (Å²) in [6.07, 6.45) is -4.76. The topological polar surface area (TPSA) is 51.2 Å². The maximum atomic E-state index is 13.6. The molecule has 0 fully saturated rings. The van der Waals surface area contributed by atoms with Gasteiger partial charge in [0.25, 0.3) is 5.91 Å². The fraction of sp³-hybridized carbons (Fsp3) is 0.200. The molecular weight excluding hydrogens is 469 g/mol. The highest BCUT2D eigenvalue weighted by atomic mass is 79.9. The predicted octanol–water partition coefficient (Wildman–Crippen LogP) is 6.09. The largest absolute Gasteiger partial charge is 0.496 e. The molecule has 2 aromatic carbocycles. The molecule has 9 heteroatoms. The Morgan fingerprint density at radius 3 is 2.59 bits per heavy atom. The number of para-hydroxylation sites is 1. The van der Waals surface area contributed by atoms with E-state index in [2.05, 4.69) is 26.2 Å². The van der Waals surface area contributed by atoms with Crippen LogP contribution in [0.4, 0.5) is 13.2 Å². The van der Waals surface area contributed by atoms with E-state index in [9.17, 15) is 18.0 Å². The van der Waals surface area contributed by atoms with E-state index < -0.39 is 28.7 Å². The third-order valence-electron chi connectivity index (χ3n) is 4.14. The number of amides is 1. The molecule has 1 heterocycles. The van der Waals surface area contributed by atoms with Crippen LogP contribution in [0.2, 0.25) is 0 Å². The minimum absolute atomic E-state index is 0.0648. The van der Waals surface area contributed by atoms with Crippen molar-refractivity contribution in [2.45, 2.75) is 19.1 Å². The summed E-state index contributed by atoms with van der Waals surface area (Å²) in [5, 5.41) is 2.69. The van der Waals surface area contributed by atoms with Gasteiger partial charge in [0, 0.05) is 4.47 Å². The second-order valence-corrected chi connectivity index (χ2v) is 8.06. The summed E-state index contributed by atoms with van der Waals surface area (Å²) >= 11 is 4.03. The third kappa shape index (κ3) is 4.79. The van der Waals surface area contributed by atoms with Crippen molar-refractivity contribution in [3.63, 3.8) is 0 Å². The van der Waals surface area contributed by atoms with Gasteiger partial charge in [-0.15, -0.1) is 11.3 Å². The molecule has 1 N–H and O–H groups in total. The molecule has 1 atom stereocenters. The van der Waals surface area contributed by atoms with Crippen molar-refractivity contribution < 1.29 is 22.7 Å². The van der Waals surface area contributed by atoms with Crippen LogP contribution >= 0.6 is 27.3 Å². The number of benzene rings is 2. The zero-order chi connectivity index (χ0) is 21.2. The Morgan fingerprint density at radius 1 is 1.21 bits per heavy atom. The lowest BCUT2D eigenvalue weighted by atomic mass is 10.1. The molecule has 4 nitrogen and oxygen atoms in total. The SMILES string of the molecule is COc1ccccc1-c1nc(C(F)(F)F)c(C(=O)NC(C)c2cccc(Br)c2)s1. The fourth-order valence-electron chi connectivity index (χ4n) is 2.72. The highest BCUT2D eigenvalue weighted by molar-refractivity contribution is 9.10. The first-order valence-electron chi connectivity index (χ1n) is 8.48. The molecule has 0 saturated carbocycles. The lowest BCUT2D eigenvalue weighted by molar-refractivity contribution is -0.141. The molecule has 0 radical (unpaired) electrons. The van der Waals surface area contributed by atoms with Crippen molar-refractivity contribution in [2.24, 2.45) is 0 Å². The van der Waals surface area contributed by atoms with Gasteiger partial charge in [0.2, 0.25) is 0 Å². The Bertz CT molecular complexity index is 1040. The average Bonchev–Trinajstić information content (AvgIpc) is 3.14. The van der Waals surface area contributed by atoms with Gasteiger partial charge in [-0.05, 0) is 36.8 Å². The highest BCUT2D eigenvalue weighted by Crippen LogP contribution is 2.40. The normalized spacial score (nSPS) is 12.5. The van der Waals surface area contributed by atoms with Crippen LogP contribution in [-0.2, 0) is 6.18 Å². The maximum absolute atomic E-state index is 13.6. The molecule has 0 aliphatic carbocycles. The molecule has 0 spiro atoms. The van der Waals surface area contributed by atoms with Crippen molar-refractivity contribution in [3.05, 3.63) is 69.1 Å². The molecule has 0 aliphatic rings. The first-order chi connectivity index (χ1) is 13.7. The number of aromatic nitrogens is 1. The first-order valence-corrected chi connectivity index (χ1v) is 10.1. The quantitative estimate of drug-likeness (QED) is 0.476. The molecule has 1 unspecified atom stereocenters. The van der Waals surface area contributed by atoms with E-state index >= 15 is 0 Å². The summed E-state index contributed by atoms with van der Waals surface area (Å²) in [7, 11) is 1.42. The molecule has 0 aliphatic heterocycles. The number of nitrogens with zero attached hydrogens (tertiary/aromatic N) is 1. The molecule has 152 valence electrons. The number of ether oxygens (including phenoxy) is 1. The third-order valence-corrected chi connectivity index (χ3v) is 5.72. The van der Waals surface area contributed by atoms with E-state index in [1.54, 1.807) is 49.4 Å². The van der Waals surface area contributed by atoms with E-state index in [-0.39, 0.29) is 5.01 Å². The predicted molar refractivity (Wildman–Crippen MR) is 109 cm³/mol. The Hall–Kier alpha value is -2.39. The van der Waals surface area contributed by atoms with Crippen molar-refractivity contribution >= 4 is 33.2 Å². The van der Waals surface area contributed by atoms with Crippen LogP contribution in [0.5, 0.6) is 5.75 Å². The Labute approximate surface area is 177 Å². The number of halogens is 4. The van der Waals surface area contributed by atoms with E-state index in [4.69, 9.17) is 4.74 Å². The van der Waals surface area contributed by atoms with Crippen molar-refractivity contribution in [1.82, 2.24) is 10.3 Å². The van der Waals surface area contributed by atoms with Crippen molar-refractivity contribution in [1.29, 1.82) is 0 Å². The van der Waals surface area contributed by atoms with E-state index in [0.717, 1.165) is 10.0 Å². The van der Waals surface area contributed by atoms with Gasteiger partial charge in [0.1, 0.15) is 15.6 Å². The van der Waals surface area contributed by atoms with Gasteiger partial charge in [-0.3, -0.25) is 4.79 Å². The smallest absolute Gasteiger partial charge is 0.435 e. The number of hydrogen-bond donors (Lipinski definition) is 1. The molecular formula is C20H16BrF3N2O2S. The van der Waals surface area contributed by atoms with Crippen LogP contribution in [0.1, 0.15) is 33.9 Å². The Morgan fingerprint density at radius 2 is 1.93 bits per heavy atom. The van der Waals surface area contributed by atoms with E-state index in [1.165, 1.54) is 7.11 Å². The van der Waals surface area contributed by atoms with Gasteiger partial charge in [-0.1, -0.05) is 40.2 Å². The van der Waals surface area contributed by atoms with Crippen molar-refractivity contribution in [2.75, 3.05) is 7.11 Å². The lowest BCUT2D eigenvalue weighted by Gasteiger charge is -2.15. The van der Waals surface area contributed by atoms with Crippen LogP contribution < -0.4 is 10.1 Å². The van der Waals surface area contributed by atoms with E-state index in [0.29, 0.717) is 22.6 Å². The summed E-state index contributed by atoms with van der Waals surface area (Å²) in [5.74, 6) is -0.451. The summed E-state index contributed by atoms with van der Waals surface area (Å²) in [6, 6.07) is 13.3. The second kappa shape index (κ2) is 8.54. The molecule has 0 bridgehead atoms. The molecule has 3 rings (SSSR count). The van der Waals surface area contributed by atoms with Gasteiger partial charge in [0.05, 0.1) is 18.7 Å². The minimum atomic E-state index is -4.76. The Balaban J connectivity index is 1.97. The van der Waals surface area contributed by atoms with Gasteiger partial charge in [0.15, 0.2) is 5.69 Å². The maximum Gasteiger partial charge on any atom is 0.435 e. The van der Waals surface area contributed by atoms with Crippen LogP contribution in [-0.4, -0.2) is 18.0 Å². The monoisotopic (exact) mass is 484 g/mol. The van der Waals surface area contributed by atoms with E-state index in [1.807, 2.05) is 6.07 Å². The van der Waals surface area contributed by atoms with Crippen LogP contribution in [0.3, 0.4) is 0 Å². The zero-order valence-electron chi connectivity index (χ0n) is 15.4. The standard InChI is InChI=1S/C20H16BrF3N2O2S/c1-11(12-6-5-7-13(21)10-12)25-18(27)16-17(20(22,23)24)26-19(29-16)14-8-3-4-9-15(14)28-2/h3-11H,1-2H3,(H,25,27). The molecule has 1 amide bonds. The van der Waals surface area contributed by atoms with Crippen molar-refractivity contribution in [3.8, 4) is 16.3 Å². The summed E-state index contributed by atoms with van der Waals surface area (Å²) in [6.45, 7) is 1.70. The van der Waals surface area contributed by atoms with Crippen LogP contribution in [0.25, 0.3) is 10.6 Å². The molecule has 1 aromatic heterocycles. The van der Waals surface area contributed by atoms with Gasteiger partial charge in [-0.25, -0.2) is 4.98 Å². The minimum Gasteiger partial charge on any atom is -0.496 e. The number of carbonyl (C=O) groups is 1. The number of methoxy groups -OCH3 is 1. The fourth-order valence-corrected chi connectivity index (χ4v) is 4.16. The molecule has 3 aromatic rings. The second-order valence-electron chi connectivity index (χ2n) is 6.14. The number of alkyl halides is 3. The lowest BCUT2D eigenvalue weighted by Crippen LogP contribution is -2.28. The average molecular weight is 485 g/mol.